The van der Waals surface area contributed by atoms with E-state index in [1.54, 1.807) is 42.5 Å². The molecule has 0 unspecified atom stereocenters. The Morgan fingerprint density at radius 2 is 1.81 bits per heavy atom. The number of ether oxygens (including phenoxy) is 1. The zero-order chi connectivity index (χ0) is 19.2. The Labute approximate surface area is 164 Å². The zero-order valence-electron chi connectivity index (χ0n) is 14.5. The highest BCUT2D eigenvalue weighted by atomic mass is 79.9. The molecule has 27 heavy (non-hydrogen) atoms. The average molecular weight is 429 g/mol. The van der Waals surface area contributed by atoms with Crippen LogP contribution in [0.15, 0.2) is 69.8 Å². The smallest absolute Gasteiger partial charge is 0.291 e. The Hall–Kier alpha value is -3.06. The highest BCUT2D eigenvalue weighted by Crippen LogP contribution is 2.21. The van der Waals surface area contributed by atoms with E-state index in [4.69, 9.17) is 9.15 Å². The molecule has 0 saturated carbocycles. The van der Waals surface area contributed by atoms with Crippen LogP contribution in [0.1, 0.15) is 16.1 Å². The molecule has 0 saturated heterocycles. The van der Waals surface area contributed by atoms with Gasteiger partial charge in [-0.1, -0.05) is 22.0 Å². The van der Waals surface area contributed by atoms with Crippen LogP contribution < -0.4 is 15.4 Å². The molecule has 0 fully saturated rings. The molecule has 0 bridgehead atoms. The lowest BCUT2D eigenvalue weighted by Gasteiger charge is -2.10. The van der Waals surface area contributed by atoms with Crippen molar-refractivity contribution in [3.8, 4) is 5.75 Å². The van der Waals surface area contributed by atoms with E-state index in [-0.39, 0.29) is 24.2 Å². The maximum absolute atomic E-state index is 12.1. The Morgan fingerprint density at radius 3 is 2.52 bits per heavy atom. The van der Waals surface area contributed by atoms with E-state index in [0.717, 1.165) is 10.0 Å². The summed E-state index contributed by atoms with van der Waals surface area (Å²) in [5.74, 6) is 0.162. The summed E-state index contributed by atoms with van der Waals surface area (Å²) >= 11 is 3.42. The lowest BCUT2D eigenvalue weighted by molar-refractivity contribution is -0.118. The van der Waals surface area contributed by atoms with Crippen LogP contribution >= 0.6 is 15.9 Å². The van der Waals surface area contributed by atoms with Crippen molar-refractivity contribution in [3.63, 3.8) is 0 Å². The van der Waals surface area contributed by atoms with Crippen molar-refractivity contribution in [3.05, 3.63) is 76.7 Å². The normalized spacial score (nSPS) is 10.3. The van der Waals surface area contributed by atoms with Crippen molar-refractivity contribution < 1.29 is 18.7 Å². The number of benzene rings is 2. The Morgan fingerprint density at radius 1 is 1.04 bits per heavy atom. The summed E-state index contributed by atoms with van der Waals surface area (Å²) in [7, 11) is 0. The summed E-state index contributed by atoms with van der Waals surface area (Å²) in [6, 6.07) is 15.5. The standard InChI is InChI=1S/C20H17BrN2O4/c1-13-10-16(7-8-17(13)21)27-12-19(24)22-14-4-2-5-15(11-14)23-20(25)18-6-3-9-26-18/h2-11H,12H2,1H3,(H,22,24)(H,23,25). The lowest BCUT2D eigenvalue weighted by Crippen LogP contribution is -2.20. The van der Waals surface area contributed by atoms with Gasteiger partial charge in [0.2, 0.25) is 0 Å². The maximum atomic E-state index is 12.1. The topological polar surface area (TPSA) is 80.6 Å². The quantitative estimate of drug-likeness (QED) is 0.599. The van der Waals surface area contributed by atoms with Gasteiger partial charge in [-0.15, -0.1) is 0 Å². The first-order valence-electron chi connectivity index (χ1n) is 8.15. The molecule has 0 aliphatic heterocycles. The van der Waals surface area contributed by atoms with E-state index in [1.807, 2.05) is 19.1 Å². The molecule has 2 aromatic carbocycles. The van der Waals surface area contributed by atoms with Crippen LogP contribution in [-0.2, 0) is 4.79 Å². The minimum atomic E-state index is -0.364. The molecular weight excluding hydrogens is 412 g/mol. The monoisotopic (exact) mass is 428 g/mol. The molecule has 7 heteroatoms. The van der Waals surface area contributed by atoms with Crippen molar-refractivity contribution in [2.24, 2.45) is 0 Å². The van der Waals surface area contributed by atoms with Gasteiger partial charge >= 0.3 is 0 Å². The molecule has 0 aliphatic carbocycles. The third-order valence-corrected chi connectivity index (χ3v) is 4.54. The number of amides is 2. The molecular formula is C20H17BrN2O4. The van der Waals surface area contributed by atoms with Gasteiger partial charge < -0.3 is 19.8 Å². The van der Waals surface area contributed by atoms with Gasteiger partial charge in [-0.25, -0.2) is 0 Å². The van der Waals surface area contributed by atoms with Gasteiger partial charge in [-0.2, -0.15) is 0 Å². The highest BCUT2D eigenvalue weighted by Gasteiger charge is 2.10. The number of hydrogen-bond acceptors (Lipinski definition) is 4. The van der Waals surface area contributed by atoms with Crippen molar-refractivity contribution in [1.82, 2.24) is 0 Å². The number of carbonyl (C=O) groups is 2. The van der Waals surface area contributed by atoms with Crippen LogP contribution in [-0.4, -0.2) is 18.4 Å². The van der Waals surface area contributed by atoms with E-state index in [0.29, 0.717) is 17.1 Å². The third-order valence-electron chi connectivity index (χ3n) is 3.65. The van der Waals surface area contributed by atoms with Crippen LogP contribution in [0.3, 0.4) is 0 Å². The average Bonchev–Trinajstić information content (AvgIpc) is 3.18. The molecule has 6 nitrogen and oxygen atoms in total. The summed E-state index contributed by atoms with van der Waals surface area (Å²) in [4.78, 5) is 24.1. The van der Waals surface area contributed by atoms with E-state index < -0.39 is 0 Å². The number of rotatable bonds is 6. The lowest BCUT2D eigenvalue weighted by atomic mass is 10.2. The molecule has 1 heterocycles. The van der Waals surface area contributed by atoms with Gasteiger partial charge in [0.15, 0.2) is 12.4 Å². The number of halogens is 1. The number of furan rings is 1. The molecule has 2 amide bonds. The summed E-state index contributed by atoms with van der Waals surface area (Å²) in [5, 5.41) is 5.45. The Kier molecular flexibility index (Phi) is 5.93. The van der Waals surface area contributed by atoms with Gasteiger partial charge in [-0.05, 0) is 61.0 Å². The number of aryl methyl sites for hydroxylation is 1. The first-order chi connectivity index (χ1) is 13.0. The predicted molar refractivity (Wildman–Crippen MR) is 106 cm³/mol. The summed E-state index contributed by atoms with van der Waals surface area (Å²) in [6.07, 6.45) is 1.43. The molecule has 0 atom stereocenters. The van der Waals surface area contributed by atoms with Gasteiger partial charge in [0.25, 0.3) is 11.8 Å². The van der Waals surface area contributed by atoms with Gasteiger partial charge in [0.1, 0.15) is 5.75 Å². The second-order valence-electron chi connectivity index (χ2n) is 5.76. The van der Waals surface area contributed by atoms with Crippen LogP contribution in [0.4, 0.5) is 11.4 Å². The molecule has 3 rings (SSSR count). The van der Waals surface area contributed by atoms with E-state index in [1.165, 1.54) is 6.26 Å². The second kappa shape index (κ2) is 8.55. The summed E-state index contributed by atoms with van der Waals surface area (Å²) < 4.78 is 11.5. The van der Waals surface area contributed by atoms with Gasteiger partial charge in [-0.3, -0.25) is 9.59 Å². The number of anilines is 2. The fraction of sp³-hybridized carbons (Fsp3) is 0.100. The molecule has 3 aromatic rings. The van der Waals surface area contributed by atoms with Gasteiger partial charge in [0.05, 0.1) is 6.26 Å². The fourth-order valence-corrected chi connectivity index (χ4v) is 2.57. The van der Waals surface area contributed by atoms with Crippen molar-refractivity contribution >= 4 is 39.1 Å². The molecule has 0 aliphatic rings. The molecule has 0 spiro atoms. The third kappa shape index (κ3) is 5.21. The van der Waals surface area contributed by atoms with Crippen LogP contribution in [0.2, 0.25) is 0 Å². The van der Waals surface area contributed by atoms with E-state index in [9.17, 15) is 9.59 Å². The first-order valence-corrected chi connectivity index (χ1v) is 8.94. The summed E-state index contributed by atoms with van der Waals surface area (Å²) in [6.45, 7) is 1.82. The minimum Gasteiger partial charge on any atom is -0.484 e. The van der Waals surface area contributed by atoms with Gasteiger partial charge in [0, 0.05) is 15.8 Å². The fourth-order valence-electron chi connectivity index (χ4n) is 2.33. The minimum absolute atomic E-state index is 0.121. The zero-order valence-corrected chi connectivity index (χ0v) is 16.1. The first kappa shape index (κ1) is 18.7. The maximum Gasteiger partial charge on any atom is 0.291 e. The molecule has 2 N–H and O–H groups in total. The largest absolute Gasteiger partial charge is 0.484 e. The van der Waals surface area contributed by atoms with Crippen molar-refractivity contribution in [2.45, 2.75) is 6.92 Å². The van der Waals surface area contributed by atoms with E-state index >= 15 is 0 Å². The molecule has 1 aromatic heterocycles. The summed E-state index contributed by atoms with van der Waals surface area (Å²) in [5.41, 5.74) is 2.11. The van der Waals surface area contributed by atoms with Crippen molar-refractivity contribution in [2.75, 3.05) is 17.2 Å². The second-order valence-corrected chi connectivity index (χ2v) is 6.61. The van der Waals surface area contributed by atoms with Crippen LogP contribution in [0, 0.1) is 6.92 Å². The predicted octanol–water partition coefficient (Wildman–Crippen LogP) is 4.62. The Bertz CT molecular complexity index is 954. The van der Waals surface area contributed by atoms with E-state index in [2.05, 4.69) is 26.6 Å². The molecule has 138 valence electrons. The molecule has 0 radical (unpaired) electrons. The van der Waals surface area contributed by atoms with Crippen LogP contribution in [0.25, 0.3) is 0 Å². The highest BCUT2D eigenvalue weighted by molar-refractivity contribution is 9.10. The number of carbonyl (C=O) groups excluding carboxylic acids is 2. The number of hydrogen-bond donors (Lipinski definition) is 2. The SMILES string of the molecule is Cc1cc(OCC(=O)Nc2cccc(NC(=O)c3ccco3)c2)ccc1Br. The number of nitrogens with one attached hydrogen (secondary N) is 2. The van der Waals surface area contributed by atoms with Crippen molar-refractivity contribution in [1.29, 1.82) is 0 Å². The van der Waals surface area contributed by atoms with Crippen LogP contribution in [0.5, 0.6) is 5.75 Å². The Balaban J connectivity index is 1.56.